The predicted octanol–water partition coefficient (Wildman–Crippen LogP) is 4.55. The summed E-state index contributed by atoms with van der Waals surface area (Å²) >= 11 is 0. The van der Waals surface area contributed by atoms with E-state index in [1.54, 1.807) is 9.80 Å². The van der Waals surface area contributed by atoms with E-state index >= 15 is 0 Å². The van der Waals surface area contributed by atoms with E-state index in [1.165, 1.54) is 0 Å². The molecule has 0 radical (unpaired) electrons. The number of piperazine rings is 1. The SMILES string of the molecule is CCCOc1ccc(C2CN3C(=O)CN(CCCCCO)C(=O)C3(C)c3[nH]c4ccccc4c32)cc1OCC. The summed E-state index contributed by atoms with van der Waals surface area (Å²) in [4.78, 5) is 34.8. The van der Waals surface area contributed by atoms with E-state index in [0.717, 1.165) is 47.0 Å². The monoisotopic (exact) mass is 533 g/mol. The molecule has 39 heavy (non-hydrogen) atoms. The van der Waals surface area contributed by atoms with Gasteiger partial charge in [-0.3, -0.25) is 9.59 Å². The van der Waals surface area contributed by atoms with Gasteiger partial charge in [-0.1, -0.05) is 31.2 Å². The number of aromatic nitrogens is 1. The zero-order valence-electron chi connectivity index (χ0n) is 23.2. The number of ether oxygens (including phenoxy) is 2. The van der Waals surface area contributed by atoms with Gasteiger partial charge in [-0.15, -0.1) is 0 Å². The normalized spacial score (nSPS) is 20.8. The molecule has 1 aromatic heterocycles. The highest BCUT2D eigenvalue weighted by Crippen LogP contribution is 2.49. The molecule has 1 fully saturated rings. The Balaban J connectivity index is 1.60. The Labute approximate surface area is 229 Å². The number of rotatable bonds is 11. The Morgan fingerprint density at radius 2 is 1.87 bits per heavy atom. The van der Waals surface area contributed by atoms with Gasteiger partial charge in [0.25, 0.3) is 5.91 Å². The van der Waals surface area contributed by atoms with Crippen molar-refractivity contribution in [1.29, 1.82) is 0 Å². The van der Waals surface area contributed by atoms with Crippen LogP contribution in [0.5, 0.6) is 11.5 Å². The van der Waals surface area contributed by atoms with Crippen molar-refractivity contribution in [1.82, 2.24) is 14.8 Å². The lowest BCUT2D eigenvalue weighted by Crippen LogP contribution is -2.67. The lowest BCUT2D eigenvalue weighted by molar-refractivity contribution is -0.166. The maximum atomic E-state index is 14.1. The quantitative estimate of drug-likeness (QED) is 0.353. The van der Waals surface area contributed by atoms with Gasteiger partial charge in [0.05, 0.1) is 25.5 Å². The van der Waals surface area contributed by atoms with Crippen LogP contribution in [0, 0.1) is 0 Å². The first-order valence-corrected chi connectivity index (χ1v) is 14.1. The molecule has 0 bridgehead atoms. The highest BCUT2D eigenvalue weighted by atomic mass is 16.5. The molecule has 5 rings (SSSR count). The minimum atomic E-state index is -1.12. The zero-order chi connectivity index (χ0) is 27.6. The fraction of sp³-hybridized carbons (Fsp3) is 0.484. The number of para-hydroxylation sites is 1. The van der Waals surface area contributed by atoms with Crippen LogP contribution in [0.25, 0.3) is 10.9 Å². The van der Waals surface area contributed by atoms with Crippen LogP contribution in [0.1, 0.15) is 69.2 Å². The first kappa shape index (κ1) is 27.1. The van der Waals surface area contributed by atoms with E-state index < -0.39 is 5.54 Å². The second-order valence-electron chi connectivity index (χ2n) is 10.6. The number of benzene rings is 2. The fourth-order valence-electron chi connectivity index (χ4n) is 6.09. The van der Waals surface area contributed by atoms with E-state index in [2.05, 4.69) is 24.0 Å². The number of hydrogen-bond acceptors (Lipinski definition) is 5. The molecular formula is C31H39N3O5. The molecule has 8 heteroatoms. The van der Waals surface area contributed by atoms with Crippen LogP contribution in [0.2, 0.25) is 0 Å². The van der Waals surface area contributed by atoms with Crippen molar-refractivity contribution < 1.29 is 24.2 Å². The minimum Gasteiger partial charge on any atom is -0.490 e. The molecule has 3 aromatic rings. The van der Waals surface area contributed by atoms with Crippen molar-refractivity contribution >= 4 is 22.7 Å². The molecule has 0 saturated carbocycles. The Hall–Kier alpha value is -3.52. The number of aliphatic hydroxyl groups is 1. The molecule has 2 aliphatic rings. The molecule has 0 aliphatic carbocycles. The maximum absolute atomic E-state index is 14.1. The van der Waals surface area contributed by atoms with Gasteiger partial charge in [0.15, 0.2) is 17.0 Å². The van der Waals surface area contributed by atoms with Crippen LogP contribution in [0.3, 0.4) is 0 Å². The number of nitrogens with zero attached hydrogens (tertiary/aromatic N) is 2. The van der Waals surface area contributed by atoms with Gasteiger partial charge in [-0.25, -0.2) is 0 Å². The molecule has 3 heterocycles. The Morgan fingerprint density at radius 3 is 2.64 bits per heavy atom. The Morgan fingerprint density at radius 1 is 1.05 bits per heavy atom. The summed E-state index contributed by atoms with van der Waals surface area (Å²) in [7, 11) is 0. The number of fused-ring (bicyclic) bond motifs is 5. The van der Waals surface area contributed by atoms with Crippen LogP contribution in [-0.4, -0.2) is 71.2 Å². The van der Waals surface area contributed by atoms with Gasteiger partial charge in [-0.2, -0.15) is 0 Å². The summed E-state index contributed by atoms with van der Waals surface area (Å²) in [5.74, 6) is 1.14. The van der Waals surface area contributed by atoms with Gasteiger partial charge in [0, 0.05) is 36.5 Å². The molecule has 2 amide bonds. The summed E-state index contributed by atoms with van der Waals surface area (Å²) in [5.41, 5.74) is 2.68. The van der Waals surface area contributed by atoms with E-state index in [0.29, 0.717) is 44.2 Å². The lowest BCUT2D eigenvalue weighted by Gasteiger charge is -2.51. The van der Waals surface area contributed by atoms with Crippen molar-refractivity contribution in [3.63, 3.8) is 0 Å². The van der Waals surface area contributed by atoms with Crippen LogP contribution in [-0.2, 0) is 15.1 Å². The number of amides is 2. The van der Waals surface area contributed by atoms with Crippen LogP contribution in [0.15, 0.2) is 42.5 Å². The molecular weight excluding hydrogens is 494 g/mol. The Bertz CT molecular complexity index is 1350. The van der Waals surface area contributed by atoms with Gasteiger partial charge in [0.1, 0.15) is 0 Å². The van der Waals surface area contributed by atoms with Crippen LogP contribution in [0.4, 0.5) is 0 Å². The molecule has 2 aliphatic heterocycles. The Kier molecular flexibility index (Phi) is 7.84. The second-order valence-corrected chi connectivity index (χ2v) is 10.6. The van der Waals surface area contributed by atoms with Crippen molar-refractivity contribution in [3.05, 3.63) is 59.3 Å². The number of aliphatic hydroxyl groups excluding tert-OH is 1. The second kappa shape index (κ2) is 11.3. The van der Waals surface area contributed by atoms with Gasteiger partial charge in [0.2, 0.25) is 5.91 Å². The largest absolute Gasteiger partial charge is 0.490 e. The van der Waals surface area contributed by atoms with E-state index in [9.17, 15) is 9.59 Å². The summed E-state index contributed by atoms with van der Waals surface area (Å²) in [6.45, 7) is 8.13. The summed E-state index contributed by atoms with van der Waals surface area (Å²) < 4.78 is 11.9. The predicted molar refractivity (Wildman–Crippen MR) is 150 cm³/mol. The van der Waals surface area contributed by atoms with Gasteiger partial charge >= 0.3 is 0 Å². The number of H-pyrrole nitrogens is 1. The van der Waals surface area contributed by atoms with E-state index in [1.807, 2.05) is 44.2 Å². The van der Waals surface area contributed by atoms with E-state index in [4.69, 9.17) is 14.6 Å². The topological polar surface area (TPSA) is 95.1 Å². The van der Waals surface area contributed by atoms with Crippen LogP contribution < -0.4 is 9.47 Å². The van der Waals surface area contributed by atoms with Crippen LogP contribution >= 0.6 is 0 Å². The number of carbonyl (C=O) groups is 2. The molecule has 2 unspecified atom stereocenters. The number of nitrogens with one attached hydrogen (secondary N) is 1. The number of unbranched alkanes of at least 4 members (excludes halogenated alkanes) is 2. The molecule has 8 nitrogen and oxygen atoms in total. The highest BCUT2D eigenvalue weighted by Gasteiger charge is 2.56. The third-order valence-electron chi connectivity index (χ3n) is 8.04. The van der Waals surface area contributed by atoms with E-state index in [-0.39, 0.29) is 30.9 Å². The smallest absolute Gasteiger partial charge is 0.254 e. The molecule has 0 spiro atoms. The molecule has 208 valence electrons. The minimum absolute atomic E-state index is 0.0542. The third-order valence-corrected chi connectivity index (χ3v) is 8.04. The zero-order valence-corrected chi connectivity index (χ0v) is 23.2. The molecule has 1 saturated heterocycles. The van der Waals surface area contributed by atoms with Crippen molar-refractivity contribution in [2.45, 2.75) is 57.9 Å². The standard InChI is InChI=1S/C31H39N3O5/c1-4-17-39-25-14-13-21(18-26(25)38-5-2)23-19-34-27(36)20-33(15-9-6-10-16-35)30(37)31(34,3)29-28(23)22-11-7-8-12-24(22)32-29/h7-8,11-14,18,23,32,35H,4-6,9-10,15-17,19-20H2,1-3H3. The van der Waals surface area contributed by atoms with Crippen molar-refractivity contribution in [3.8, 4) is 11.5 Å². The number of carbonyl (C=O) groups excluding carboxylic acids is 2. The molecule has 2 aromatic carbocycles. The third kappa shape index (κ3) is 4.75. The first-order chi connectivity index (χ1) is 18.9. The first-order valence-electron chi connectivity index (χ1n) is 14.1. The van der Waals surface area contributed by atoms with Gasteiger partial charge in [-0.05, 0) is 68.9 Å². The maximum Gasteiger partial charge on any atom is 0.254 e. The molecule has 2 N–H and O–H groups in total. The average Bonchev–Trinajstić information content (AvgIpc) is 3.34. The fourth-order valence-corrected chi connectivity index (χ4v) is 6.09. The van der Waals surface area contributed by atoms with Crippen molar-refractivity contribution in [2.75, 3.05) is 39.5 Å². The number of hydrogen-bond donors (Lipinski definition) is 2. The number of aromatic amines is 1. The van der Waals surface area contributed by atoms with Gasteiger partial charge < -0.3 is 29.4 Å². The average molecular weight is 534 g/mol. The highest BCUT2D eigenvalue weighted by molar-refractivity contribution is 6.01. The lowest BCUT2D eigenvalue weighted by atomic mass is 9.76. The molecule has 2 atom stereocenters. The summed E-state index contributed by atoms with van der Waals surface area (Å²) in [5, 5.41) is 10.2. The summed E-state index contributed by atoms with van der Waals surface area (Å²) in [6.07, 6.45) is 3.16. The van der Waals surface area contributed by atoms with Crippen molar-refractivity contribution in [2.24, 2.45) is 0 Å². The summed E-state index contributed by atoms with van der Waals surface area (Å²) in [6, 6.07) is 14.1.